The van der Waals surface area contributed by atoms with Crippen molar-refractivity contribution in [1.29, 1.82) is 0 Å². The summed E-state index contributed by atoms with van der Waals surface area (Å²) in [6, 6.07) is 1.80. The number of aromatic nitrogens is 2. The minimum atomic E-state index is -0.102. The maximum Gasteiger partial charge on any atom is 0.153 e. The Balaban J connectivity index is 1.75. The lowest BCUT2D eigenvalue weighted by atomic mass is 10.0. The number of ether oxygens (including phenoxy) is 1. The van der Waals surface area contributed by atoms with Crippen LogP contribution in [0.3, 0.4) is 0 Å². The molecule has 1 heterocycles. The van der Waals surface area contributed by atoms with Crippen molar-refractivity contribution in [1.82, 2.24) is 9.97 Å². The van der Waals surface area contributed by atoms with E-state index >= 15 is 0 Å². The summed E-state index contributed by atoms with van der Waals surface area (Å²) in [5, 5.41) is 0. The van der Waals surface area contributed by atoms with Crippen LogP contribution in [0.25, 0.3) is 0 Å². The van der Waals surface area contributed by atoms with E-state index in [2.05, 4.69) is 9.97 Å². The van der Waals surface area contributed by atoms with Gasteiger partial charge in [-0.2, -0.15) is 0 Å². The van der Waals surface area contributed by atoms with Crippen LogP contribution in [0.15, 0.2) is 18.5 Å². The summed E-state index contributed by atoms with van der Waals surface area (Å²) in [6.07, 6.45) is 8.04. The van der Waals surface area contributed by atoms with Crippen LogP contribution in [-0.2, 0) is 11.3 Å². The molecule has 4 heteroatoms. The lowest BCUT2D eigenvalue weighted by molar-refractivity contribution is 0.0710. The second-order valence-electron chi connectivity index (χ2n) is 4.23. The van der Waals surface area contributed by atoms with Gasteiger partial charge in [0.05, 0.1) is 6.61 Å². The second-order valence-corrected chi connectivity index (χ2v) is 4.23. The van der Waals surface area contributed by atoms with Crippen LogP contribution in [0.1, 0.15) is 31.5 Å². The fourth-order valence-electron chi connectivity index (χ4n) is 1.97. The predicted molar refractivity (Wildman–Crippen MR) is 57.1 cm³/mol. The lowest BCUT2D eigenvalue weighted by Gasteiger charge is -2.22. The number of nitrogens with two attached hydrogens (primary N) is 1. The molecule has 0 aliphatic heterocycles. The van der Waals surface area contributed by atoms with Crippen molar-refractivity contribution in [2.45, 2.75) is 37.8 Å². The highest BCUT2D eigenvalue weighted by atomic mass is 16.5. The van der Waals surface area contributed by atoms with E-state index in [1.54, 1.807) is 18.5 Å². The Hall–Kier alpha value is -1.00. The highest BCUT2D eigenvalue weighted by Crippen LogP contribution is 2.27. The molecular weight excluding hydrogens is 190 g/mol. The van der Waals surface area contributed by atoms with E-state index in [-0.39, 0.29) is 5.54 Å². The van der Waals surface area contributed by atoms with Gasteiger partial charge in [0, 0.05) is 17.9 Å². The monoisotopic (exact) mass is 207 g/mol. The largest absolute Gasteiger partial charge is 0.372 e. The maximum absolute atomic E-state index is 6.16. The van der Waals surface area contributed by atoms with Crippen molar-refractivity contribution in [3.05, 3.63) is 24.3 Å². The molecular formula is C11H17N3O. The van der Waals surface area contributed by atoms with Gasteiger partial charge in [0.15, 0.2) is 5.82 Å². The molecule has 2 N–H and O–H groups in total. The summed E-state index contributed by atoms with van der Waals surface area (Å²) in [4.78, 5) is 8.18. The van der Waals surface area contributed by atoms with E-state index in [1.165, 1.54) is 12.8 Å². The average Bonchev–Trinajstić information content (AvgIpc) is 2.67. The highest BCUT2D eigenvalue weighted by molar-refractivity contribution is 4.90. The normalized spacial score (nSPS) is 19.3. The summed E-state index contributed by atoms with van der Waals surface area (Å²) in [7, 11) is 0. The van der Waals surface area contributed by atoms with Crippen molar-refractivity contribution >= 4 is 0 Å². The van der Waals surface area contributed by atoms with Crippen LogP contribution in [0.4, 0.5) is 0 Å². The van der Waals surface area contributed by atoms with Crippen molar-refractivity contribution < 1.29 is 4.74 Å². The minimum absolute atomic E-state index is 0.102. The van der Waals surface area contributed by atoms with Gasteiger partial charge in [0.1, 0.15) is 6.61 Å². The van der Waals surface area contributed by atoms with E-state index in [0.29, 0.717) is 13.2 Å². The molecule has 0 spiro atoms. The third kappa shape index (κ3) is 2.97. The van der Waals surface area contributed by atoms with Crippen LogP contribution in [0, 0.1) is 0 Å². The van der Waals surface area contributed by atoms with E-state index in [0.717, 1.165) is 18.7 Å². The zero-order valence-electron chi connectivity index (χ0n) is 8.85. The Kier molecular flexibility index (Phi) is 3.28. The number of rotatable bonds is 4. The molecule has 82 valence electrons. The molecule has 0 atom stereocenters. The van der Waals surface area contributed by atoms with Gasteiger partial charge in [-0.1, -0.05) is 12.8 Å². The van der Waals surface area contributed by atoms with Gasteiger partial charge in [0.25, 0.3) is 0 Å². The molecule has 2 rings (SSSR count). The Bertz CT molecular complexity index is 296. The number of hydrogen-bond donors (Lipinski definition) is 1. The Morgan fingerprint density at radius 2 is 1.93 bits per heavy atom. The van der Waals surface area contributed by atoms with E-state index in [4.69, 9.17) is 10.5 Å². The fraction of sp³-hybridized carbons (Fsp3) is 0.636. The smallest absolute Gasteiger partial charge is 0.153 e. The van der Waals surface area contributed by atoms with Crippen LogP contribution in [0.5, 0.6) is 0 Å². The molecule has 0 radical (unpaired) electrons. The SMILES string of the molecule is NC1(COCc2ncccn2)CCCC1. The third-order valence-corrected chi connectivity index (χ3v) is 2.84. The predicted octanol–water partition coefficient (Wildman–Crippen LogP) is 1.26. The van der Waals surface area contributed by atoms with Crippen LogP contribution < -0.4 is 5.73 Å². The second kappa shape index (κ2) is 4.68. The Labute approximate surface area is 89.9 Å². The van der Waals surface area contributed by atoms with Gasteiger partial charge in [-0.25, -0.2) is 9.97 Å². The first kappa shape index (κ1) is 10.5. The summed E-state index contributed by atoms with van der Waals surface area (Å²) < 4.78 is 5.56. The van der Waals surface area contributed by atoms with Crippen LogP contribution >= 0.6 is 0 Å². The maximum atomic E-state index is 6.16. The quantitative estimate of drug-likeness (QED) is 0.807. The fourth-order valence-corrected chi connectivity index (χ4v) is 1.97. The molecule has 4 nitrogen and oxygen atoms in total. The number of hydrogen-bond acceptors (Lipinski definition) is 4. The molecule has 1 aromatic rings. The summed E-state index contributed by atoms with van der Waals surface area (Å²) in [6.45, 7) is 1.07. The topological polar surface area (TPSA) is 61.0 Å². The molecule has 0 bridgehead atoms. The molecule has 1 saturated carbocycles. The zero-order valence-corrected chi connectivity index (χ0v) is 8.85. The Morgan fingerprint density at radius 1 is 1.27 bits per heavy atom. The van der Waals surface area contributed by atoms with Crippen LogP contribution in [0.2, 0.25) is 0 Å². The summed E-state index contributed by atoms with van der Waals surface area (Å²) in [5.74, 6) is 0.721. The highest BCUT2D eigenvalue weighted by Gasteiger charge is 2.29. The first-order chi connectivity index (χ1) is 7.29. The van der Waals surface area contributed by atoms with Gasteiger partial charge in [0.2, 0.25) is 0 Å². The van der Waals surface area contributed by atoms with Gasteiger partial charge >= 0.3 is 0 Å². The van der Waals surface area contributed by atoms with Gasteiger partial charge in [-0.05, 0) is 18.9 Å². The molecule has 0 unspecified atom stereocenters. The molecule has 0 aromatic carbocycles. The molecule has 1 aliphatic rings. The molecule has 15 heavy (non-hydrogen) atoms. The van der Waals surface area contributed by atoms with Crippen molar-refractivity contribution in [2.75, 3.05) is 6.61 Å². The zero-order chi connectivity index (χ0) is 10.6. The molecule has 0 amide bonds. The van der Waals surface area contributed by atoms with E-state index < -0.39 is 0 Å². The van der Waals surface area contributed by atoms with Gasteiger partial charge in [-0.3, -0.25) is 0 Å². The first-order valence-electron chi connectivity index (χ1n) is 5.41. The molecule has 0 saturated heterocycles. The minimum Gasteiger partial charge on any atom is -0.372 e. The first-order valence-corrected chi connectivity index (χ1v) is 5.41. The van der Waals surface area contributed by atoms with E-state index in [9.17, 15) is 0 Å². The summed E-state index contributed by atoms with van der Waals surface area (Å²) >= 11 is 0. The van der Waals surface area contributed by atoms with Gasteiger partial charge < -0.3 is 10.5 Å². The van der Waals surface area contributed by atoms with Crippen LogP contribution in [-0.4, -0.2) is 22.1 Å². The molecule has 1 aliphatic carbocycles. The third-order valence-electron chi connectivity index (χ3n) is 2.84. The summed E-state index contributed by atoms with van der Waals surface area (Å²) in [5.41, 5.74) is 6.06. The van der Waals surface area contributed by atoms with Crippen molar-refractivity contribution in [3.8, 4) is 0 Å². The standard InChI is InChI=1S/C11H17N3O/c12-11(4-1-2-5-11)9-15-8-10-13-6-3-7-14-10/h3,6-7H,1-2,4-5,8-9,12H2. The van der Waals surface area contributed by atoms with Gasteiger partial charge in [-0.15, -0.1) is 0 Å². The Morgan fingerprint density at radius 3 is 2.60 bits per heavy atom. The number of nitrogens with zero attached hydrogens (tertiary/aromatic N) is 2. The van der Waals surface area contributed by atoms with Crippen molar-refractivity contribution in [2.24, 2.45) is 5.73 Å². The lowest BCUT2D eigenvalue weighted by Crippen LogP contribution is -2.41. The average molecular weight is 207 g/mol. The van der Waals surface area contributed by atoms with Crippen molar-refractivity contribution in [3.63, 3.8) is 0 Å². The molecule has 1 fully saturated rings. The molecule has 1 aromatic heterocycles. The van der Waals surface area contributed by atoms with E-state index in [1.807, 2.05) is 0 Å².